The maximum Gasteiger partial charge on any atom is 0.534 e. The molecule has 0 unspecified atom stereocenters. The lowest BCUT2D eigenvalue weighted by atomic mass is 9.48. The molecule has 0 aliphatic heterocycles. The molecule has 0 heterocycles. The van der Waals surface area contributed by atoms with Crippen LogP contribution in [0.3, 0.4) is 0 Å². The lowest BCUT2D eigenvalue weighted by Gasteiger charge is -2.54. The topological polar surface area (TPSA) is 173 Å². The highest BCUT2D eigenvalue weighted by molar-refractivity contribution is 7.88. The SMILES string of the molecule is CC12c3ccccc3C(C)(c3cc(OS(=O)(=O)C(F)(F)F)c(OS(=O)(=O)C(F)(F)F)cc31)c1cc(OS(=O)(=O)C(F)(F)F)c(OS(=O)(=O)C(F)(F)F)cc12. The Morgan fingerprint density at radius 1 is 0.389 bits per heavy atom. The standard InChI is InChI=1S/C26H14F12O12S4/c1-21-11-5-3-4-6-12(11)22(2,15-9-19(49-53(43,44)25(33,34)35)17(7-13(15)21)47-51(39,40)23(27,28)29)16-10-20(50-54(45,46)26(36,37)38)18(8-14(16)21)48-52(41,42)24(30,31)32/h3-10H,1-2H3. The number of hydrogen-bond donors (Lipinski definition) is 0. The first-order valence-corrected chi connectivity index (χ1v) is 19.2. The van der Waals surface area contributed by atoms with Crippen molar-refractivity contribution in [3.8, 4) is 23.0 Å². The van der Waals surface area contributed by atoms with Gasteiger partial charge in [-0.15, -0.1) is 0 Å². The molecule has 6 rings (SSSR count). The van der Waals surface area contributed by atoms with Gasteiger partial charge < -0.3 is 16.7 Å². The highest BCUT2D eigenvalue weighted by atomic mass is 32.2. The molecule has 0 amide bonds. The lowest BCUT2D eigenvalue weighted by molar-refractivity contribution is -0.0513. The molecule has 298 valence electrons. The first-order chi connectivity index (χ1) is 24.0. The van der Waals surface area contributed by atoms with E-state index in [9.17, 15) is 86.4 Å². The summed E-state index contributed by atoms with van der Waals surface area (Å²) in [6.45, 7) is 2.10. The van der Waals surface area contributed by atoms with Gasteiger partial charge in [-0.25, -0.2) is 0 Å². The molecular weight excluding hydrogens is 861 g/mol. The predicted octanol–water partition coefficient (Wildman–Crippen LogP) is 5.94. The second-order valence-electron chi connectivity index (χ2n) is 11.4. The number of alkyl halides is 12. The van der Waals surface area contributed by atoms with Crippen LogP contribution in [0.5, 0.6) is 23.0 Å². The third-order valence-corrected chi connectivity index (χ3v) is 12.1. The van der Waals surface area contributed by atoms with Gasteiger partial charge in [-0.2, -0.15) is 86.4 Å². The fourth-order valence-electron chi connectivity index (χ4n) is 5.92. The van der Waals surface area contributed by atoms with Crippen molar-refractivity contribution in [1.29, 1.82) is 0 Å². The molecule has 0 saturated carbocycles. The molecule has 0 saturated heterocycles. The van der Waals surface area contributed by atoms with E-state index in [0.29, 0.717) is 0 Å². The first-order valence-electron chi connectivity index (χ1n) is 13.5. The zero-order chi connectivity index (χ0) is 41.3. The van der Waals surface area contributed by atoms with Crippen molar-refractivity contribution < 1.29 is 103 Å². The smallest absolute Gasteiger partial charge is 0.372 e. The van der Waals surface area contributed by atoms with Gasteiger partial charge in [0, 0.05) is 10.8 Å². The van der Waals surface area contributed by atoms with E-state index in [1.165, 1.54) is 24.3 Å². The Kier molecular flexibility index (Phi) is 8.86. The molecule has 12 nitrogen and oxygen atoms in total. The molecule has 0 radical (unpaired) electrons. The molecule has 0 atom stereocenters. The molecule has 2 bridgehead atoms. The first kappa shape index (κ1) is 41.0. The summed E-state index contributed by atoms with van der Waals surface area (Å²) in [5.41, 5.74) is -31.9. The number of rotatable bonds is 8. The summed E-state index contributed by atoms with van der Waals surface area (Å²) in [5, 5.41) is 0. The van der Waals surface area contributed by atoms with E-state index in [1.807, 2.05) is 0 Å². The Labute approximate surface area is 294 Å². The molecule has 3 aliphatic carbocycles. The van der Waals surface area contributed by atoms with Crippen molar-refractivity contribution >= 4 is 40.5 Å². The molecule has 0 fully saturated rings. The Balaban J connectivity index is 1.93. The molecule has 28 heteroatoms. The van der Waals surface area contributed by atoms with E-state index in [2.05, 4.69) is 16.7 Å². The minimum Gasteiger partial charge on any atom is -0.372 e. The van der Waals surface area contributed by atoms with Crippen LogP contribution < -0.4 is 16.7 Å². The van der Waals surface area contributed by atoms with Gasteiger partial charge in [0.25, 0.3) is 0 Å². The Morgan fingerprint density at radius 2 is 0.574 bits per heavy atom. The summed E-state index contributed by atoms with van der Waals surface area (Å²) in [5.74, 6) is -7.43. The molecule has 3 aromatic carbocycles. The van der Waals surface area contributed by atoms with Gasteiger partial charge in [0.1, 0.15) is 0 Å². The Hall–Kier alpha value is -4.18. The quantitative estimate of drug-likeness (QED) is 0.149. The molecule has 3 aromatic rings. The molecule has 0 spiro atoms. The average molecular weight is 875 g/mol. The number of hydrogen-bond acceptors (Lipinski definition) is 12. The average Bonchev–Trinajstić information content (AvgIpc) is 2.97. The van der Waals surface area contributed by atoms with Gasteiger partial charge in [-0.1, -0.05) is 24.3 Å². The van der Waals surface area contributed by atoms with Crippen molar-refractivity contribution in [3.05, 3.63) is 81.9 Å². The van der Waals surface area contributed by atoms with Gasteiger partial charge in [0.2, 0.25) is 0 Å². The third-order valence-electron chi connectivity index (χ3n) is 8.26. The number of halogens is 12. The summed E-state index contributed by atoms with van der Waals surface area (Å²) in [7, 11) is -27.4. The van der Waals surface area contributed by atoms with E-state index >= 15 is 0 Å². The fourth-order valence-corrected chi connectivity index (χ4v) is 7.77. The maximum atomic E-state index is 13.4. The van der Waals surface area contributed by atoms with E-state index in [1.54, 1.807) is 0 Å². The van der Waals surface area contributed by atoms with Crippen LogP contribution in [0.4, 0.5) is 52.7 Å². The normalized spacial score (nSPS) is 20.4. The molecule has 0 N–H and O–H groups in total. The van der Waals surface area contributed by atoms with Gasteiger partial charge >= 0.3 is 62.5 Å². The summed E-state index contributed by atoms with van der Waals surface area (Å²) in [4.78, 5) is 0. The van der Waals surface area contributed by atoms with Crippen molar-refractivity contribution in [3.63, 3.8) is 0 Å². The van der Waals surface area contributed by atoms with Crippen LogP contribution >= 0.6 is 0 Å². The van der Waals surface area contributed by atoms with Crippen LogP contribution in [0.1, 0.15) is 47.2 Å². The van der Waals surface area contributed by atoms with E-state index in [0.717, 1.165) is 13.8 Å². The van der Waals surface area contributed by atoms with Crippen LogP contribution in [0.15, 0.2) is 48.5 Å². The summed E-state index contributed by atoms with van der Waals surface area (Å²) < 4.78 is 272. The van der Waals surface area contributed by atoms with Crippen LogP contribution in [0, 0.1) is 0 Å². The highest BCUT2D eigenvalue weighted by Gasteiger charge is 2.59. The van der Waals surface area contributed by atoms with Crippen LogP contribution in [0.25, 0.3) is 0 Å². The zero-order valence-corrected chi connectivity index (χ0v) is 29.0. The van der Waals surface area contributed by atoms with Crippen LogP contribution in [-0.4, -0.2) is 55.7 Å². The Bertz CT molecular complexity index is 2220. The van der Waals surface area contributed by atoms with E-state index in [-0.39, 0.29) is 35.4 Å². The van der Waals surface area contributed by atoms with Gasteiger partial charge in [-0.3, -0.25) is 0 Å². The van der Waals surface area contributed by atoms with Gasteiger partial charge in [0.05, 0.1) is 0 Å². The lowest BCUT2D eigenvalue weighted by Crippen LogP contribution is -2.48. The van der Waals surface area contributed by atoms with Gasteiger partial charge in [0.15, 0.2) is 23.0 Å². The summed E-state index contributed by atoms with van der Waals surface area (Å²) in [6.07, 6.45) is 0. The van der Waals surface area contributed by atoms with E-state index in [4.69, 9.17) is 0 Å². The van der Waals surface area contributed by atoms with Crippen molar-refractivity contribution in [2.45, 2.75) is 46.7 Å². The number of benzene rings is 3. The van der Waals surface area contributed by atoms with Crippen molar-refractivity contribution in [2.24, 2.45) is 0 Å². The highest BCUT2D eigenvalue weighted by Crippen LogP contribution is 2.64. The summed E-state index contributed by atoms with van der Waals surface area (Å²) in [6, 6.07) is 6.04. The Morgan fingerprint density at radius 3 is 0.741 bits per heavy atom. The van der Waals surface area contributed by atoms with Crippen molar-refractivity contribution in [2.75, 3.05) is 0 Å². The van der Waals surface area contributed by atoms with Crippen LogP contribution in [-0.2, 0) is 51.3 Å². The van der Waals surface area contributed by atoms with Gasteiger partial charge in [-0.05, 0) is 71.5 Å². The monoisotopic (exact) mass is 874 g/mol. The van der Waals surface area contributed by atoms with E-state index < -0.39 is 119 Å². The largest absolute Gasteiger partial charge is 0.534 e. The third kappa shape index (κ3) is 6.13. The minimum atomic E-state index is -6.85. The molecule has 3 aliphatic rings. The second-order valence-corrected chi connectivity index (χ2v) is 17.6. The fraction of sp³-hybridized carbons (Fsp3) is 0.308. The predicted molar refractivity (Wildman–Crippen MR) is 153 cm³/mol. The molecular formula is C26H14F12O12S4. The molecule has 0 aromatic heterocycles. The maximum absolute atomic E-state index is 13.4. The zero-order valence-electron chi connectivity index (χ0n) is 25.7. The van der Waals surface area contributed by atoms with Crippen LogP contribution in [0.2, 0.25) is 0 Å². The molecule has 54 heavy (non-hydrogen) atoms. The minimum absolute atomic E-state index is 0.0325. The second kappa shape index (κ2) is 11.7. The summed E-state index contributed by atoms with van der Waals surface area (Å²) >= 11 is 0. The van der Waals surface area contributed by atoms with Crippen molar-refractivity contribution in [1.82, 2.24) is 0 Å².